The Morgan fingerprint density at radius 1 is 0.676 bits per heavy atom. The molecule has 1 fully saturated rings. The molecular weight excluding hydrogens is 471 g/mol. The summed E-state index contributed by atoms with van der Waals surface area (Å²) in [6.45, 7) is 5.20. The van der Waals surface area contributed by atoms with Gasteiger partial charge in [0.2, 0.25) is 17.8 Å². The van der Waals surface area contributed by atoms with E-state index in [9.17, 15) is 0 Å². The maximum atomic E-state index is 5.98. The summed E-state index contributed by atoms with van der Waals surface area (Å²) in [7, 11) is 2.13. The van der Waals surface area contributed by atoms with Crippen molar-refractivity contribution in [1.82, 2.24) is 24.9 Å². The lowest BCUT2D eigenvalue weighted by molar-refractivity contribution is 0.178. The molecule has 0 unspecified atom stereocenters. The van der Waals surface area contributed by atoms with E-state index in [0.717, 1.165) is 49.1 Å². The normalized spacial score (nSPS) is 14.7. The molecule has 10 heteroatoms. The number of benzene rings is 2. The number of nitrogens with zero attached hydrogens (tertiary/aromatic N) is 5. The number of rotatable bonds is 10. The van der Waals surface area contributed by atoms with Crippen LogP contribution in [-0.4, -0.2) is 71.2 Å². The average Bonchev–Trinajstić information content (AvgIpc) is 2.83. The van der Waals surface area contributed by atoms with Gasteiger partial charge < -0.3 is 15.5 Å². The second-order valence-corrected chi connectivity index (χ2v) is 9.19. The second-order valence-electron chi connectivity index (χ2n) is 8.31. The van der Waals surface area contributed by atoms with Crippen LogP contribution in [0.4, 0.5) is 17.8 Å². The fourth-order valence-electron chi connectivity index (χ4n) is 3.58. The minimum Gasteiger partial charge on any atom is -0.354 e. The molecule has 0 amide bonds. The van der Waals surface area contributed by atoms with Crippen molar-refractivity contribution in [3.05, 3.63) is 69.7 Å². The van der Waals surface area contributed by atoms with Gasteiger partial charge in [0.15, 0.2) is 0 Å². The minimum absolute atomic E-state index is 0.530. The van der Waals surface area contributed by atoms with Gasteiger partial charge >= 0.3 is 0 Å². The molecule has 0 atom stereocenters. The van der Waals surface area contributed by atoms with Crippen LogP contribution < -0.4 is 16.1 Å². The zero-order valence-corrected chi connectivity index (χ0v) is 20.8. The van der Waals surface area contributed by atoms with Gasteiger partial charge in [-0.05, 0) is 55.3 Å². The van der Waals surface area contributed by atoms with Crippen LogP contribution in [0.1, 0.15) is 11.1 Å². The molecule has 0 saturated carbocycles. The lowest BCUT2D eigenvalue weighted by atomic mass is 10.1. The summed E-state index contributed by atoms with van der Waals surface area (Å²) in [6, 6.07) is 15.7. The number of hydrogen-bond donors (Lipinski definition) is 3. The molecule has 0 spiro atoms. The van der Waals surface area contributed by atoms with Crippen LogP contribution >= 0.6 is 23.2 Å². The first-order chi connectivity index (χ1) is 16.5. The molecule has 1 aromatic heterocycles. The Bertz CT molecular complexity index is 968. The zero-order valence-electron chi connectivity index (χ0n) is 19.3. The summed E-state index contributed by atoms with van der Waals surface area (Å²) in [5.41, 5.74) is 5.74. The third kappa shape index (κ3) is 7.70. The fraction of sp³-hybridized carbons (Fsp3) is 0.375. The van der Waals surface area contributed by atoms with E-state index in [0.29, 0.717) is 30.9 Å². The van der Waals surface area contributed by atoms with Crippen LogP contribution in [0.15, 0.2) is 48.5 Å². The quantitative estimate of drug-likeness (QED) is 0.384. The monoisotopic (exact) mass is 500 g/mol. The number of halogens is 2. The first-order valence-electron chi connectivity index (χ1n) is 11.5. The largest absolute Gasteiger partial charge is 0.354 e. The highest BCUT2D eigenvalue weighted by atomic mass is 35.5. The molecule has 4 rings (SSSR count). The number of likely N-dealkylation sites (N-methyl/N-ethyl adjacent to an activating group) is 1. The summed E-state index contributed by atoms with van der Waals surface area (Å²) >= 11 is 12.0. The third-order valence-corrected chi connectivity index (χ3v) is 6.12. The molecule has 1 saturated heterocycles. The van der Waals surface area contributed by atoms with Crippen LogP contribution in [0.5, 0.6) is 0 Å². The highest BCUT2D eigenvalue weighted by molar-refractivity contribution is 6.30. The maximum absolute atomic E-state index is 5.98. The Hall–Kier alpha value is -2.65. The lowest BCUT2D eigenvalue weighted by Gasteiger charge is -2.32. The van der Waals surface area contributed by atoms with Crippen molar-refractivity contribution in [1.29, 1.82) is 0 Å². The summed E-state index contributed by atoms with van der Waals surface area (Å²) in [5, 5.41) is 10.3. The average molecular weight is 501 g/mol. The van der Waals surface area contributed by atoms with Crippen molar-refractivity contribution in [2.24, 2.45) is 0 Å². The molecule has 1 aliphatic rings. The van der Waals surface area contributed by atoms with E-state index in [4.69, 9.17) is 23.2 Å². The SMILES string of the molecule is CN1CCN(Nc2nc(NCCc3ccc(Cl)cc3)nc(NCCc3ccc(Cl)cc3)n2)CC1. The number of aromatic nitrogens is 3. The first kappa shape index (κ1) is 24.5. The zero-order chi connectivity index (χ0) is 23.8. The highest BCUT2D eigenvalue weighted by Gasteiger charge is 2.15. The van der Waals surface area contributed by atoms with Crippen LogP contribution in [-0.2, 0) is 12.8 Å². The second kappa shape index (κ2) is 12.2. The predicted molar refractivity (Wildman–Crippen MR) is 140 cm³/mol. The molecule has 0 bridgehead atoms. The van der Waals surface area contributed by atoms with Crippen LogP contribution in [0.25, 0.3) is 0 Å². The van der Waals surface area contributed by atoms with Crippen LogP contribution in [0.3, 0.4) is 0 Å². The van der Waals surface area contributed by atoms with Crippen molar-refractivity contribution >= 4 is 41.0 Å². The van der Waals surface area contributed by atoms with Gasteiger partial charge in [-0.25, -0.2) is 5.01 Å². The molecular formula is C24H30Cl2N8. The van der Waals surface area contributed by atoms with Crippen molar-refractivity contribution in [3.63, 3.8) is 0 Å². The first-order valence-corrected chi connectivity index (χ1v) is 12.2. The van der Waals surface area contributed by atoms with E-state index in [1.165, 1.54) is 11.1 Å². The summed E-state index contributed by atoms with van der Waals surface area (Å²) in [6.07, 6.45) is 1.67. The van der Waals surface area contributed by atoms with E-state index in [2.05, 4.69) is 48.0 Å². The van der Waals surface area contributed by atoms with Crippen molar-refractivity contribution in [2.45, 2.75) is 12.8 Å². The molecule has 1 aliphatic heterocycles. The molecule has 0 radical (unpaired) electrons. The van der Waals surface area contributed by atoms with Gasteiger partial charge in [-0.3, -0.25) is 5.43 Å². The number of hydrazine groups is 1. The predicted octanol–water partition coefficient (Wildman–Crippen LogP) is 4.06. The molecule has 0 aliphatic carbocycles. The Morgan fingerprint density at radius 3 is 1.59 bits per heavy atom. The minimum atomic E-state index is 0.530. The Balaban J connectivity index is 1.39. The van der Waals surface area contributed by atoms with E-state index < -0.39 is 0 Å². The van der Waals surface area contributed by atoms with E-state index in [1.54, 1.807) is 0 Å². The Kier molecular flexibility index (Phi) is 8.76. The van der Waals surface area contributed by atoms with Crippen molar-refractivity contribution < 1.29 is 0 Å². The Morgan fingerprint density at radius 2 is 1.12 bits per heavy atom. The Labute approximate surface area is 210 Å². The molecule has 8 nitrogen and oxygen atoms in total. The van der Waals surface area contributed by atoms with Crippen LogP contribution in [0.2, 0.25) is 10.0 Å². The number of nitrogens with one attached hydrogen (secondary N) is 3. The summed E-state index contributed by atoms with van der Waals surface area (Å²) in [5.74, 6) is 1.60. The fourth-order valence-corrected chi connectivity index (χ4v) is 3.84. The smallest absolute Gasteiger partial charge is 0.244 e. The topological polar surface area (TPSA) is 81.2 Å². The third-order valence-electron chi connectivity index (χ3n) is 5.62. The highest BCUT2D eigenvalue weighted by Crippen LogP contribution is 2.14. The van der Waals surface area contributed by atoms with E-state index in [-0.39, 0.29) is 0 Å². The van der Waals surface area contributed by atoms with Gasteiger partial charge in [-0.15, -0.1) is 0 Å². The summed E-state index contributed by atoms with van der Waals surface area (Å²) in [4.78, 5) is 16.1. The van der Waals surface area contributed by atoms with Crippen molar-refractivity contribution in [2.75, 3.05) is 62.4 Å². The number of hydrogen-bond acceptors (Lipinski definition) is 8. The molecule has 3 N–H and O–H groups in total. The maximum Gasteiger partial charge on any atom is 0.244 e. The van der Waals surface area contributed by atoms with Gasteiger partial charge in [-0.2, -0.15) is 15.0 Å². The number of piperazine rings is 1. The van der Waals surface area contributed by atoms with Gasteiger partial charge in [0, 0.05) is 49.3 Å². The lowest BCUT2D eigenvalue weighted by Crippen LogP contribution is -2.47. The number of anilines is 3. The van der Waals surface area contributed by atoms with Crippen LogP contribution in [0, 0.1) is 0 Å². The standard InChI is InChI=1S/C24H30Cl2N8/c1-33-14-16-34(17-15-33)32-24-30-22(27-12-10-18-2-6-20(25)7-3-18)29-23(31-24)28-13-11-19-4-8-21(26)9-5-19/h2-9H,10-17H2,1H3,(H3,27,28,29,30,31,32). The summed E-state index contributed by atoms with van der Waals surface area (Å²) < 4.78 is 0. The van der Waals surface area contributed by atoms with Gasteiger partial charge in [-0.1, -0.05) is 47.5 Å². The van der Waals surface area contributed by atoms with Crippen molar-refractivity contribution in [3.8, 4) is 0 Å². The van der Waals surface area contributed by atoms with Gasteiger partial charge in [0.25, 0.3) is 0 Å². The van der Waals surface area contributed by atoms with E-state index >= 15 is 0 Å². The van der Waals surface area contributed by atoms with Gasteiger partial charge in [0.05, 0.1) is 0 Å². The molecule has 34 heavy (non-hydrogen) atoms. The van der Waals surface area contributed by atoms with E-state index in [1.807, 2.05) is 48.5 Å². The molecule has 180 valence electrons. The molecule has 2 aromatic carbocycles. The molecule has 2 heterocycles. The molecule has 3 aromatic rings. The van der Waals surface area contributed by atoms with Gasteiger partial charge in [0.1, 0.15) is 0 Å².